The van der Waals surface area contributed by atoms with Crippen molar-refractivity contribution in [1.29, 1.82) is 0 Å². The fourth-order valence-electron chi connectivity index (χ4n) is 1.24. The Morgan fingerprint density at radius 1 is 1.57 bits per heavy atom. The summed E-state index contributed by atoms with van der Waals surface area (Å²) in [7, 11) is 0. The highest BCUT2D eigenvalue weighted by Gasteiger charge is 2.04. The number of amides is 1. The normalized spacial score (nSPS) is 12.4. The molecule has 1 heterocycles. The Labute approximate surface area is 84.3 Å². The maximum absolute atomic E-state index is 10.6. The largest absolute Gasteiger partial charge is 0.369 e. The van der Waals surface area contributed by atoms with Gasteiger partial charge in [0.1, 0.15) is 0 Å². The molecule has 1 rings (SSSR count). The Balaban J connectivity index is 2.73. The lowest BCUT2D eigenvalue weighted by Crippen LogP contribution is -2.13. The van der Waals surface area contributed by atoms with E-state index in [0.717, 1.165) is 17.7 Å². The van der Waals surface area contributed by atoms with Gasteiger partial charge < -0.3 is 5.73 Å². The van der Waals surface area contributed by atoms with Crippen LogP contribution < -0.4 is 5.73 Å². The van der Waals surface area contributed by atoms with E-state index in [4.69, 9.17) is 5.73 Å². The van der Waals surface area contributed by atoms with E-state index in [0.29, 0.717) is 5.92 Å². The predicted molar refractivity (Wildman–Crippen MR) is 55.8 cm³/mol. The van der Waals surface area contributed by atoms with E-state index >= 15 is 0 Å². The number of carbonyl (C=O) groups is 1. The molecule has 3 nitrogen and oxygen atoms in total. The third kappa shape index (κ3) is 2.83. The molecule has 1 unspecified atom stereocenters. The average Bonchev–Trinajstić information content (AvgIpc) is 2.17. The number of hydrogen-bond donors (Lipinski definition) is 1. The van der Waals surface area contributed by atoms with E-state index in [9.17, 15) is 4.79 Å². The zero-order chi connectivity index (χ0) is 10.6. The van der Waals surface area contributed by atoms with E-state index < -0.39 is 0 Å². The van der Waals surface area contributed by atoms with Gasteiger partial charge in [-0.25, -0.2) is 0 Å². The summed E-state index contributed by atoms with van der Waals surface area (Å²) in [4.78, 5) is 14.9. The summed E-state index contributed by atoms with van der Waals surface area (Å²) in [6, 6.07) is 3.88. The molecule has 2 N–H and O–H groups in total. The van der Waals surface area contributed by atoms with Crippen LogP contribution in [0.5, 0.6) is 0 Å². The van der Waals surface area contributed by atoms with Crippen molar-refractivity contribution in [1.82, 2.24) is 4.98 Å². The number of carbonyl (C=O) groups excluding carboxylic acids is 1. The summed E-state index contributed by atoms with van der Waals surface area (Å²) in [6.45, 7) is 4.26. The molecule has 0 saturated heterocycles. The molecule has 0 aliphatic carbocycles. The lowest BCUT2D eigenvalue weighted by atomic mass is 10.0. The fourth-order valence-corrected chi connectivity index (χ4v) is 1.24. The SMILES string of the molecule is CCC(C)c1ccc(CC(N)=O)cn1. The molecule has 76 valence electrons. The van der Waals surface area contributed by atoms with E-state index in [1.807, 2.05) is 12.1 Å². The van der Waals surface area contributed by atoms with Crippen LogP contribution in [0.2, 0.25) is 0 Å². The van der Waals surface area contributed by atoms with Gasteiger partial charge in [0.15, 0.2) is 0 Å². The Morgan fingerprint density at radius 3 is 2.71 bits per heavy atom. The third-order valence-electron chi connectivity index (χ3n) is 2.34. The van der Waals surface area contributed by atoms with Crippen LogP contribution in [0.4, 0.5) is 0 Å². The molecule has 0 radical (unpaired) electrons. The Kier molecular flexibility index (Phi) is 3.63. The molecule has 3 heteroatoms. The number of primary amides is 1. The van der Waals surface area contributed by atoms with Crippen molar-refractivity contribution < 1.29 is 4.79 Å². The van der Waals surface area contributed by atoms with Crippen molar-refractivity contribution in [2.45, 2.75) is 32.6 Å². The van der Waals surface area contributed by atoms with Crippen molar-refractivity contribution in [3.63, 3.8) is 0 Å². The number of aromatic nitrogens is 1. The van der Waals surface area contributed by atoms with Crippen LogP contribution in [0.1, 0.15) is 37.4 Å². The number of nitrogens with two attached hydrogens (primary N) is 1. The van der Waals surface area contributed by atoms with Gasteiger partial charge in [0.05, 0.1) is 6.42 Å². The summed E-state index contributed by atoms with van der Waals surface area (Å²) >= 11 is 0. The average molecular weight is 192 g/mol. The van der Waals surface area contributed by atoms with Crippen LogP contribution in [-0.2, 0) is 11.2 Å². The van der Waals surface area contributed by atoms with Gasteiger partial charge >= 0.3 is 0 Å². The molecule has 1 atom stereocenters. The highest BCUT2D eigenvalue weighted by atomic mass is 16.1. The minimum Gasteiger partial charge on any atom is -0.369 e. The second kappa shape index (κ2) is 4.74. The van der Waals surface area contributed by atoms with Crippen molar-refractivity contribution in [2.24, 2.45) is 5.73 Å². The molecule has 0 saturated carbocycles. The van der Waals surface area contributed by atoms with Gasteiger partial charge in [0, 0.05) is 11.9 Å². The predicted octanol–water partition coefficient (Wildman–Crippen LogP) is 1.62. The molecule has 0 aliphatic heterocycles. The van der Waals surface area contributed by atoms with E-state index in [2.05, 4.69) is 18.8 Å². The van der Waals surface area contributed by atoms with Gasteiger partial charge in [-0.2, -0.15) is 0 Å². The van der Waals surface area contributed by atoms with Gasteiger partial charge in [-0.05, 0) is 24.0 Å². The first-order valence-electron chi connectivity index (χ1n) is 4.86. The maximum Gasteiger partial charge on any atom is 0.221 e. The first kappa shape index (κ1) is 10.7. The second-order valence-electron chi connectivity index (χ2n) is 3.54. The van der Waals surface area contributed by atoms with Crippen LogP contribution in [0, 0.1) is 0 Å². The minimum atomic E-state index is -0.317. The maximum atomic E-state index is 10.6. The highest BCUT2D eigenvalue weighted by molar-refractivity contribution is 5.76. The lowest BCUT2D eigenvalue weighted by Gasteiger charge is -2.07. The van der Waals surface area contributed by atoms with Crippen LogP contribution in [0.3, 0.4) is 0 Å². The van der Waals surface area contributed by atoms with Crippen LogP contribution in [0.25, 0.3) is 0 Å². The number of hydrogen-bond acceptors (Lipinski definition) is 2. The first-order valence-corrected chi connectivity index (χ1v) is 4.86. The molecular formula is C11H16N2O. The molecule has 0 aliphatic rings. The van der Waals surface area contributed by atoms with E-state index in [1.54, 1.807) is 6.20 Å². The molecule has 14 heavy (non-hydrogen) atoms. The van der Waals surface area contributed by atoms with Gasteiger partial charge in [0.2, 0.25) is 5.91 Å². The highest BCUT2D eigenvalue weighted by Crippen LogP contribution is 2.15. The molecule has 0 spiro atoms. The van der Waals surface area contributed by atoms with Crippen molar-refractivity contribution in [3.05, 3.63) is 29.6 Å². The van der Waals surface area contributed by atoms with Gasteiger partial charge in [-0.1, -0.05) is 19.9 Å². The monoisotopic (exact) mass is 192 g/mol. The third-order valence-corrected chi connectivity index (χ3v) is 2.34. The molecule has 1 aromatic heterocycles. The van der Waals surface area contributed by atoms with E-state index in [-0.39, 0.29) is 12.3 Å². The molecule has 0 aromatic carbocycles. The summed E-state index contributed by atoms with van der Waals surface area (Å²) < 4.78 is 0. The minimum absolute atomic E-state index is 0.272. The summed E-state index contributed by atoms with van der Waals surface area (Å²) in [6.07, 6.45) is 3.07. The van der Waals surface area contributed by atoms with Crippen molar-refractivity contribution >= 4 is 5.91 Å². The molecule has 1 amide bonds. The Hall–Kier alpha value is -1.38. The number of nitrogens with zero attached hydrogens (tertiary/aromatic N) is 1. The van der Waals surface area contributed by atoms with Crippen LogP contribution >= 0.6 is 0 Å². The molecular weight excluding hydrogens is 176 g/mol. The summed E-state index contributed by atoms with van der Waals surface area (Å²) in [5.74, 6) is 0.153. The van der Waals surface area contributed by atoms with Gasteiger partial charge in [-0.3, -0.25) is 9.78 Å². The molecule has 1 aromatic rings. The zero-order valence-corrected chi connectivity index (χ0v) is 8.66. The van der Waals surface area contributed by atoms with Gasteiger partial charge in [-0.15, -0.1) is 0 Å². The van der Waals surface area contributed by atoms with Crippen molar-refractivity contribution in [3.8, 4) is 0 Å². The second-order valence-corrected chi connectivity index (χ2v) is 3.54. The smallest absolute Gasteiger partial charge is 0.221 e. The summed E-state index contributed by atoms with van der Waals surface area (Å²) in [5.41, 5.74) is 7.03. The quantitative estimate of drug-likeness (QED) is 0.788. The first-order chi connectivity index (χ1) is 6.63. The lowest BCUT2D eigenvalue weighted by molar-refractivity contribution is -0.117. The molecule has 0 fully saturated rings. The Bertz CT molecular complexity index is 306. The van der Waals surface area contributed by atoms with Crippen LogP contribution in [-0.4, -0.2) is 10.9 Å². The summed E-state index contributed by atoms with van der Waals surface area (Å²) in [5, 5.41) is 0. The van der Waals surface area contributed by atoms with E-state index in [1.165, 1.54) is 0 Å². The number of pyridine rings is 1. The fraction of sp³-hybridized carbons (Fsp3) is 0.455. The zero-order valence-electron chi connectivity index (χ0n) is 8.66. The van der Waals surface area contributed by atoms with Crippen LogP contribution in [0.15, 0.2) is 18.3 Å². The Morgan fingerprint density at radius 2 is 2.29 bits per heavy atom. The van der Waals surface area contributed by atoms with Crippen molar-refractivity contribution in [2.75, 3.05) is 0 Å². The molecule has 0 bridgehead atoms. The standard InChI is InChI=1S/C11H16N2O/c1-3-8(2)10-5-4-9(7-13-10)6-11(12)14/h4-5,7-8H,3,6H2,1-2H3,(H2,12,14). The number of rotatable bonds is 4. The van der Waals surface area contributed by atoms with Gasteiger partial charge in [0.25, 0.3) is 0 Å². The topological polar surface area (TPSA) is 56.0 Å².